The monoisotopic (exact) mass is 317 g/mol. The summed E-state index contributed by atoms with van der Waals surface area (Å²) in [4.78, 5) is 22.6. The molecule has 0 aliphatic rings. The van der Waals surface area contributed by atoms with Gasteiger partial charge in [-0.3, -0.25) is 4.79 Å². The van der Waals surface area contributed by atoms with Gasteiger partial charge in [0.15, 0.2) is 6.10 Å². The van der Waals surface area contributed by atoms with E-state index in [-0.39, 0.29) is 12.8 Å². The van der Waals surface area contributed by atoms with Crippen LogP contribution in [0.5, 0.6) is 0 Å². The lowest BCUT2D eigenvalue weighted by Gasteiger charge is -2.29. The summed E-state index contributed by atoms with van der Waals surface area (Å²) in [7, 11) is 5.66. The van der Waals surface area contributed by atoms with Crippen LogP contribution in [-0.4, -0.2) is 61.4 Å². The predicted octanol–water partition coefficient (Wildman–Crippen LogP) is 0.466. The molecule has 0 aliphatic carbocycles. The maximum absolute atomic E-state index is 11.8. The number of unbranched alkanes of at least 4 members (excludes halogenated alkanes) is 3. The number of likely N-dealkylation sites (N-methyl/N-ethyl adjacent to an activating group) is 1. The van der Waals surface area contributed by atoms with Gasteiger partial charge in [-0.05, 0) is 6.42 Å². The number of quaternary nitrogens is 1. The first-order valence-corrected chi connectivity index (χ1v) is 8.02. The number of hydrogen-bond acceptors (Lipinski definition) is 5. The molecule has 2 atom stereocenters. The lowest BCUT2D eigenvalue weighted by molar-refractivity contribution is -0.873. The molecular weight excluding hydrogens is 286 g/mol. The second-order valence-corrected chi connectivity index (χ2v) is 6.87. The van der Waals surface area contributed by atoms with Crippen LogP contribution in [0.15, 0.2) is 0 Å². The van der Waals surface area contributed by atoms with Gasteiger partial charge in [0.2, 0.25) is 0 Å². The summed E-state index contributed by atoms with van der Waals surface area (Å²) < 4.78 is 5.68. The highest BCUT2D eigenvalue weighted by Gasteiger charge is 2.23. The number of nitrogens with zero attached hydrogens (tertiary/aromatic N) is 1. The molecule has 0 radical (unpaired) electrons. The lowest BCUT2D eigenvalue weighted by Crippen LogP contribution is -2.45. The van der Waals surface area contributed by atoms with Crippen LogP contribution in [-0.2, 0) is 14.3 Å². The summed E-state index contributed by atoms with van der Waals surface area (Å²) in [6, 6.07) is 0. The Hall–Kier alpha value is -1.14. The number of ether oxygens (including phenoxy) is 1. The van der Waals surface area contributed by atoms with E-state index in [1.54, 1.807) is 0 Å². The highest BCUT2D eigenvalue weighted by molar-refractivity contribution is 5.71. The van der Waals surface area contributed by atoms with Crippen molar-refractivity contribution in [2.45, 2.75) is 64.1 Å². The fourth-order valence-electron chi connectivity index (χ4n) is 2.28. The van der Waals surface area contributed by atoms with Gasteiger partial charge in [-0.1, -0.05) is 32.6 Å². The predicted molar refractivity (Wildman–Crippen MR) is 81.8 cm³/mol. The number of aliphatic hydroxyl groups is 1. The molecule has 0 rings (SSSR count). The zero-order valence-electron chi connectivity index (χ0n) is 14.3. The molecule has 0 aromatic carbocycles. The number of carbonyl (C=O) groups excluding carboxylic acids is 2. The van der Waals surface area contributed by atoms with Gasteiger partial charge in [0, 0.05) is 12.4 Å². The van der Waals surface area contributed by atoms with Gasteiger partial charge >= 0.3 is 5.97 Å². The lowest BCUT2D eigenvalue weighted by atomic mass is 10.1. The number of hydrogen-bond donors (Lipinski definition) is 1. The van der Waals surface area contributed by atoms with Crippen molar-refractivity contribution in [3.05, 3.63) is 0 Å². The van der Waals surface area contributed by atoms with E-state index < -0.39 is 24.1 Å². The summed E-state index contributed by atoms with van der Waals surface area (Å²) in [6.45, 7) is 2.49. The Morgan fingerprint density at radius 1 is 1.14 bits per heavy atom. The van der Waals surface area contributed by atoms with Crippen molar-refractivity contribution in [3.8, 4) is 0 Å². The van der Waals surface area contributed by atoms with Crippen molar-refractivity contribution in [2.24, 2.45) is 0 Å². The number of aliphatic carboxylic acids is 1. The molecule has 1 N–H and O–H groups in total. The van der Waals surface area contributed by atoms with Crippen molar-refractivity contribution >= 4 is 11.9 Å². The summed E-state index contributed by atoms with van der Waals surface area (Å²) in [5, 5.41) is 20.6. The van der Waals surface area contributed by atoms with Gasteiger partial charge in [-0.2, -0.15) is 0 Å². The molecule has 0 saturated heterocycles. The number of carbonyl (C=O) groups is 2. The van der Waals surface area contributed by atoms with Gasteiger partial charge in [-0.15, -0.1) is 0 Å². The molecule has 6 nitrogen and oxygen atoms in total. The number of carboxylic acid groups (broad SMARTS) is 1. The maximum atomic E-state index is 11.8. The standard InChI is InChI=1S/C16H31NO5/c1-5-6-7-8-9-13(18)10-16(21)22-14(11-15(19)20)12-17(2,3)4/h13-14,18H,5-12H2,1-4H3. The van der Waals surface area contributed by atoms with Crippen molar-refractivity contribution in [2.75, 3.05) is 27.7 Å². The molecule has 0 aromatic rings. The highest BCUT2D eigenvalue weighted by atomic mass is 16.5. The molecular formula is C16H31NO5. The molecule has 22 heavy (non-hydrogen) atoms. The molecule has 0 spiro atoms. The topological polar surface area (TPSA) is 86.7 Å². The SMILES string of the molecule is CCCCCCC(O)CC(=O)OC(CC(=O)[O-])C[N+](C)(C)C. The Bertz CT molecular complexity index is 338. The van der Waals surface area contributed by atoms with Crippen LogP contribution in [0.2, 0.25) is 0 Å². The van der Waals surface area contributed by atoms with E-state index in [9.17, 15) is 19.8 Å². The minimum atomic E-state index is -1.24. The van der Waals surface area contributed by atoms with E-state index >= 15 is 0 Å². The maximum Gasteiger partial charge on any atom is 0.308 e. The van der Waals surface area contributed by atoms with Crippen LogP contribution < -0.4 is 5.11 Å². The quantitative estimate of drug-likeness (QED) is 0.321. The molecule has 0 aliphatic heterocycles. The Morgan fingerprint density at radius 2 is 1.77 bits per heavy atom. The van der Waals surface area contributed by atoms with Crippen molar-refractivity contribution in [1.29, 1.82) is 0 Å². The normalized spacial score (nSPS) is 14.4. The molecule has 2 unspecified atom stereocenters. The first-order valence-electron chi connectivity index (χ1n) is 8.02. The number of carboxylic acids is 1. The Labute approximate surface area is 133 Å². The summed E-state index contributed by atoms with van der Waals surface area (Å²) in [6.07, 6.45) is 2.85. The van der Waals surface area contributed by atoms with Gasteiger partial charge in [0.05, 0.1) is 33.7 Å². The molecule has 130 valence electrons. The van der Waals surface area contributed by atoms with E-state index in [1.165, 1.54) is 0 Å². The number of rotatable bonds is 12. The van der Waals surface area contributed by atoms with Crippen LogP contribution >= 0.6 is 0 Å². The first-order chi connectivity index (χ1) is 10.1. The fraction of sp³-hybridized carbons (Fsp3) is 0.875. The first kappa shape index (κ1) is 20.9. The minimum absolute atomic E-state index is 0.0905. The molecule has 0 bridgehead atoms. The van der Waals surface area contributed by atoms with E-state index in [4.69, 9.17) is 4.74 Å². The van der Waals surface area contributed by atoms with Gasteiger partial charge in [-0.25, -0.2) is 0 Å². The van der Waals surface area contributed by atoms with Crippen molar-refractivity contribution in [3.63, 3.8) is 0 Å². The third-order valence-corrected chi connectivity index (χ3v) is 3.24. The average Bonchev–Trinajstić information content (AvgIpc) is 2.31. The number of esters is 1. The molecule has 0 aromatic heterocycles. The summed E-state index contributed by atoms with van der Waals surface area (Å²) >= 11 is 0. The Morgan fingerprint density at radius 3 is 2.27 bits per heavy atom. The summed E-state index contributed by atoms with van der Waals surface area (Å²) in [5.74, 6) is -1.80. The van der Waals surface area contributed by atoms with Gasteiger partial charge in [0.1, 0.15) is 6.54 Å². The Balaban J connectivity index is 4.23. The third-order valence-electron chi connectivity index (χ3n) is 3.24. The van der Waals surface area contributed by atoms with Crippen molar-refractivity contribution < 1.29 is 29.0 Å². The zero-order chi connectivity index (χ0) is 17.2. The van der Waals surface area contributed by atoms with Gasteiger partial charge < -0.3 is 24.2 Å². The van der Waals surface area contributed by atoms with E-state index in [0.717, 1.165) is 25.7 Å². The van der Waals surface area contributed by atoms with Crippen LogP contribution in [0.4, 0.5) is 0 Å². The molecule has 0 amide bonds. The zero-order valence-corrected chi connectivity index (χ0v) is 14.3. The molecule has 0 heterocycles. The van der Waals surface area contributed by atoms with Crippen molar-refractivity contribution in [1.82, 2.24) is 0 Å². The van der Waals surface area contributed by atoms with Crippen LogP contribution in [0.3, 0.4) is 0 Å². The second kappa shape index (κ2) is 10.6. The Kier molecular flexibility index (Phi) is 10.0. The number of aliphatic hydroxyl groups excluding tert-OH is 1. The minimum Gasteiger partial charge on any atom is -0.550 e. The molecule has 0 fully saturated rings. The van der Waals surface area contributed by atoms with Crippen LogP contribution in [0.25, 0.3) is 0 Å². The van der Waals surface area contributed by atoms with E-state index in [2.05, 4.69) is 6.92 Å². The van der Waals surface area contributed by atoms with E-state index in [1.807, 2.05) is 21.1 Å². The van der Waals surface area contributed by atoms with Gasteiger partial charge in [0.25, 0.3) is 0 Å². The molecule has 6 heteroatoms. The molecule has 0 saturated carbocycles. The second-order valence-electron chi connectivity index (χ2n) is 6.87. The largest absolute Gasteiger partial charge is 0.550 e. The third kappa shape index (κ3) is 12.6. The fourth-order valence-corrected chi connectivity index (χ4v) is 2.28. The summed E-state index contributed by atoms with van der Waals surface area (Å²) in [5.41, 5.74) is 0. The van der Waals surface area contributed by atoms with Crippen LogP contribution in [0, 0.1) is 0 Å². The van der Waals surface area contributed by atoms with Crippen LogP contribution in [0.1, 0.15) is 51.9 Å². The smallest absolute Gasteiger partial charge is 0.308 e. The highest BCUT2D eigenvalue weighted by Crippen LogP contribution is 2.11. The van der Waals surface area contributed by atoms with E-state index in [0.29, 0.717) is 17.4 Å². The average molecular weight is 317 g/mol.